The van der Waals surface area contributed by atoms with Crippen molar-refractivity contribution in [2.24, 2.45) is 4.99 Å². The van der Waals surface area contributed by atoms with Gasteiger partial charge in [0.2, 0.25) is 0 Å². The molecule has 0 saturated carbocycles. The van der Waals surface area contributed by atoms with Gasteiger partial charge in [-0.05, 0) is 48.4 Å². The van der Waals surface area contributed by atoms with Crippen LogP contribution in [0.2, 0.25) is 5.02 Å². The molecule has 2 heterocycles. The van der Waals surface area contributed by atoms with Crippen LogP contribution in [0.15, 0.2) is 69.6 Å². The lowest BCUT2D eigenvalue weighted by Gasteiger charge is -2.24. The third-order valence-corrected chi connectivity index (χ3v) is 6.22. The Kier molecular flexibility index (Phi) is 5.80. The second-order valence-electron chi connectivity index (χ2n) is 6.90. The monoisotopic (exact) mass is 454 g/mol. The Labute approximate surface area is 187 Å². The van der Waals surface area contributed by atoms with Crippen LogP contribution in [0.5, 0.6) is 5.75 Å². The maximum absolute atomic E-state index is 13.4. The summed E-state index contributed by atoms with van der Waals surface area (Å²) in [5, 5.41) is 0.511. The van der Waals surface area contributed by atoms with Gasteiger partial charge in [0, 0.05) is 5.02 Å². The Bertz CT molecular complexity index is 1370. The highest BCUT2D eigenvalue weighted by molar-refractivity contribution is 7.07. The zero-order valence-electron chi connectivity index (χ0n) is 17.1. The van der Waals surface area contributed by atoms with Gasteiger partial charge < -0.3 is 9.47 Å². The summed E-state index contributed by atoms with van der Waals surface area (Å²) >= 11 is 7.48. The first kappa shape index (κ1) is 21.1. The standard InChI is InChI=1S/C23H19ClN2O4S/c1-13-19(22(28)30-3)20(15-5-4-6-16(24)12-15)26-21(27)18(31-23(26)25-13)11-14-7-9-17(29-2)10-8-14/h4-12,20H,1-3H3/b18-11-. The molecule has 1 aliphatic heterocycles. The van der Waals surface area contributed by atoms with Crippen LogP contribution in [-0.4, -0.2) is 24.8 Å². The smallest absolute Gasteiger partial charge is 0.338 e. The Morgan fingerprint density at radius 3 is 2.58 bits per heavy atom. The highest BCUT2D eigenvalue weighted by atomic mass is 35.5. The number of benzene rings is 2. The zero-order valence-corrected chi connectivity index (χ0v) is 18.7. The normalized spacial score (nSPS) is 16.0. The molecular weight excluding hydrogens is 436 g/mol. The molecule has 1 aliphatic rings. The highest BCUT2D eigenvalue weighted by Gasteiger charge is 2.33. The number of aromatic nitrogens is 1. The van der Waals surface area contributed by atoms with E-state index < -0.39 is 12.0 Å². The first-order valence-electron chi connectivity index (χ1n) is 9.43. The van der Waals surface area contributed by atoms with Gasteiger partial charge in [0.1, 0.15) is 5.75 Å². The maximum Gasteiger partial charge on any atom is 0.338 e. The zero-order chi connectivity index (χ0) is 22.1. The lowest BCUT2D eigenvalue weighted by atomic mass is 9.96. The van der Waals surface area contributed by atoms with Gasteiger partial charge in [-0.3, -0.25) is 9.36 Å². The van der Waals surface area contributed by atoms with Crippen LogP contribution in [-0.2, 0) is 9.53 Å². The third kappa shape index (κ3) is 3.94. The Hall–Kier alpha value is -3.16. The Balaban J connectivity index is 1.94. The van der Waals surface area contributed by atoms with E-state index >= 15 is 0 Å². The minimum absolute atomic E-state index is 0.238. The van der Waals surface area contributed by atoms with Gasteiger partial charge in [0.15, 0.2) is 4.80 Å². The number of rotatable bonds is 4. The largest absolute Gasteiger partial charge is 0.497 e. The topological polar surface area (TPSA) is 69.9 Å². The summed E-state index contributed by atoms with van der Waals surface area (Å²) in [6.45, 7) is 1.74. The van der Waals surface area contributed by atoms with Crippen LogP contribution < -0.4 is 19.6 Å². The fraction of sp³-hybridized carbons (Fsp3) is 0.174. The average molecular weight is 455 g/mol. The van der Waals surface area contributed by atoms with E-state index in [-0.39, 0.29) is 5.56 Å². The molecule has 1 atom stereocenters. The quantitative estimate of drug-likeness (QED) is 0.568. The van der Waals surface area contributed by atoms with Gasteiger partial charge in [0.25, 0.3) is 5.56 Å². The van der Waals surface area contributed by atoms with Gasteiger partial charge in [-0.2, -0.15) is 0 Å². The van der Waals surface area contributed by atoms with E-state index in [0.717, 1.165) is 11.3 Å². The van der Waals surface area contributed by atoms with Crippen LogP contribution >= 0.6 is 22.9 Å². The molecule has 1 unspecified atom stereocenters. The van der Waals surface area contributed by atoms with Crippen molar-refractivity contribution in [3.63, 3.8) is 0 Å². The van der Waals surface area contributed by atoms with Crippen molar-refractivity contribution < 1.29 is 14.3 Å². The van der Waals surface area contributed by atoms with Crippen molar-refractivity contribution in [1.29, 1.82) is 0 Å². The number of carbonyl (C=O) groups excluding carboxylic acids is 1. The molecule has 6 nitrogen and oxygen atoms in total. The Morgan fingerprint density at radius 2 is 1.94 bits per heavy atom. The first-order chi connectivity index (χ1) is 14.9. The minimum atomic E-state index is -0.680. The fourth-order valence-corrected chi connectivity index (χ4v) is 4.78. The number of hydrogen-bond acceptors (Lipinski definition) is 6. The first-order valence-corrected chi connectivity index (χ1v) is 10.6. The van der Waals surface area contributed by atoms with Crippen molar-refractivity contribution in [1.82, 2.24) is 4.57 Å². The van der Waals surface area contributed by atoms with E-state index in [0.29, 0.717) is 31.2 Å². The summed E-state index contributed by atoms with van der Waals surface area (Å²) in [6, 6.07) is 13.8. The molecule has 0 fully saturated rings. The van der Waals surface area contributed by atoms with E-state index in [1.807, 2.05) is 30.3 Å². The van der Waals surface area contributed by atoms with Crippen LogP contribution in [0.3, 0.4) is 0 Å². The third-order valence-electron chi connectivity index (χ3n) is 5.00. The van der Waals surface area contributed by atoms with Crippen LogP contribution in [0, 0.1) is 0 Å². The number of methoxy groups -OCH3 is 2. The summed E-state index contributed by atoms with van der Waals surface area (Å²) in [7, 11) is 2.91. The molecule has 0 amide bonds. The van der Waals surface area contributed by atoms with Crippen molar-refractivity contribution in [2.45, 2.75) is 13.0 Å². The van der Waals surface area contributed by atoms with Crippen LogP contribution in [0.1, 0.15) is 24.1 Å². The molecule has 0 spiro atoms. The lowest BCUT2D eigenvalue weighted by molar-refractivity contribution is -0.136. The van der Waals surface area contributed by atoms with Gasteiger partial charge in [-0.25, -0.2) is 9.79 Å². The average Bonchev–Trinajstić information content (AvgIpc) is 3.07. The molecule has 0 saturated heterocycles. The maximum atomic E-state index is 13.4. The summed E-state index contributed by atoms with van der Waals surface area (Å²) in [6.07, 6.45) is 1.80. The van der Waals surface area contributed by atoms with Gasteiger partial charge in [-0.15, -0.1) is 0 Å². The molecule has 0 bridgehead atoms. The number of esters is 1. The molecule has 2 aromatic carbocycles. The molecule has 4 rings (SSSR count). The number of hydrogen-bond donors (Lipinski definition) is 0. The van der Waals surface area contributed by atoms with Gasteiger partial charge in [0.05, 0.1) is 36.1 Å². The summed E-state index contributed by atoms with van der Waals surface area (Å²) in [5.74, 6) is 0.202. The molecule has 3 aromatic rings. The highest BCUT2D eigenvalue weighted by Crippen LogP contribution is 2.31. The predicted octanol–water partition coefficient (Wildman–Crippen LogP) is 3.07. The lowest BCUT2D eigenvalue weighted by Crippen LogP contribution is -2.39. The van der Waals surface area contributed by atoms with E-state index in [1.54, 1.807) is 38.3 Å². The second-order valence-corrected chi connectivity index (χ2v) is 8.35. The number of thiazole rings is 1. The number of carbonyl (C=O) groups is 1. The number of nitrogens with zero attached hydrogens (tertiary/aromatic N) is 2. The van der Waals surface area contributed by atoms with E-state index in [2.05, 4.69) is 4.99 Å². The predicted molar refractivity (Wildman–Crippen MR) is 120 cm³/mol. The number of allylic oxidation sites excluding steroid dienone is 1. The molecule has 0 aliphatic carbocycles. The van der Waals surface area contributed by atoms with Gasteiger partial charge in [-0.1, -0.05) is 47.2 Å². The molecule has 0 radical (unpaired) electrons. The van der Waals surface area contributed by atoms with Crippen molar-refractivity contribution in [3.8, 4) is 5.75 Å². The molecule has 8 heteroatoms. The molecule has 31 heavy (non-hydrogen) atoms. The molecular formula is C23H19ClN2O4S. The van der Waals surface area contributed by atoms with E-state index in [4.69, 9.17) is 21.1 Å². The number of fused-ring (bicyclic) bond motifs is 1. The van der Waals surface area contributed by atoms with Crippen molar-refractivity contribution >= 4 is 35.0 Å². The fourth-order valence-electron chi connectivity index (χ4n) is 3.54. The molecule has 158 valence electrons. The van der Waals surface area contributed by atoms with Crippen molar-refractivity contribution in [3.05, 3.63) is 95.6 Å². The SMILES string of the molecule is COC(=O)C1=C(C)N=c2s/c(=C\c3ccc(OC)cc3)c(=O)n2C1c1cccc(Cl)c1. The summed E-state index contributed by atoms with van der Waals surface area (Å²) < 4.78 is 12.2. The molecule has 0 N–H and O–H groups in total. The Morgan fingerprint density at radius 1 is 1.19 bits per heavy atom. The number of ether oxygens (including phenoxy) is 2. The van der Waals surface area contributed by atoms with Crippen molar-refractivity contribution in [2.75, 3.05) is 14.2 Å². The van der Waals surface area contributed by atoms with E-state index in [1.165, 1.54) is 23.0 Å². The summed E-state index contributed by atoms with van der Waals surface area (Å²) in [5.41, 5.74) is 2.15. The van der Waals surface area contributed by atoms with E-state index in [9.17, 15) is 9.59 Å². The van der Waals surface area contributed by atoms with Crippen LogP contribution in [0.25, 0.3) is 6.08 Å². The molecule has 1 aromatic heterocycles. The summed E-state index contributed by atoms with van der Waals surface area (Å²) in [4.78, 5) is 31.1. The van der Waals surface area contributed by atoms with Crippen LogP contribution in [0.4, 0.5) is 0 Å². The number of halogens is 1. The van der Waals surface area contributed by atoms with Gasteiger partial charge >= 0.3 is 5.97 Å². The second kappa shape index (κ2) is 8.53. The minimum Gasteiger partial charge on any atom is -0.497 e.